The summed E-state index contributed by atoms with van der Waals surface area (Å²) >= 11 is 0. The first-order chi connectivity index (χ1) is 10.4. The Hall–Kier alpha value is -2.84. The van der Waals surface area contributed by atoms with Gasteiger partial charge in [-0.05, 0) is 12.1 Å². The number of hydrogen-bond acceptors (Lipinski definition) is 5. The van der Waals surface area contributed by atoms with Gasteiger partial charge in [-0.3, -0.25) is 0 Å². The topological polar surface area (TPSA) is 90.9 Å². The minimum Gasteiger partial charge on any atom is -1.00 e. The largest absolute Gasteiger partial charge is 1.00 e. The molecule has 0 atom stereocenters. The zero-order valence-electron chi connectivity index (χ0n) is 11.3. The number of hydrogen-bond donors (Lipinski definition) is 1. The summed E-state index contributed by atoms with van der Waals surface area (Å²) in [5, 5.41) is 12.8. The quantitative estimate of drug-likeness (QED) is 0.409. The van der Waals surface area contributed by atoms with Crippen molar-refractivity contribution in [1.82, 2.24) is 34.6 Å². The third-order valence-corrected chi connectivity index (χ3v) is 3.11. The van der Waals surface area contributed by atoms with Gasteiger partial charge < -0.3 is 12.4 Å². The minimum atomic E-state index is 0. The van der Waals surface area contributed by atoms with Gasteiger partial charge in [0.05, 0.1) is 11.9 Å². The molecule has 0 fully saturated rings. The van der Waals surface area contributed by atoms with Gasteiger partial charge in [-0.15, -0.1) is 10.2 Å². The Balaban J connectivity index is 0.00000144. The van der Waals surface area contributed by atoms with Crippen LogP contribution in [0, 0.1) is 0 Å². The van der Waals surface area contributed by atoms with Crippen LogP contribution in [0.4, 0.5) is 5.82 Å². The zero-order chi connectivity index (χ0) is 14.1. The Labute approximate surface area is 131 Å². The van der Waals surface area contributed by atoms with E-state index in [9.17, 15) is 0 Å². The fourth-order valence-corrected chi connectivity index (χ4v) is 2.14. The third-order valence-electron chi connectivity index (χ3n) is 3.11. The molecule has 22 heavy (non-hydrogen) atoms. The summed E-state index contributed by atoms with van der Waals surface area (Å²) in [6, 6.07) is 9.87. The van der Waals surface area contributed by atoms with Crippen molar-refractivity contribution >= 4 is 16.9 Å². The molecule has 0 amide bonds. The van der Waals surface area contributed by atoms with Crippen LogP contribution < -0.4 is 17.8 Å². The normalized spacial score (nSPS) is 10.5. The van der Waals surface area contributed by atoms with E-state index in [0.29, 0.717) is 0 Å². The smallest absolute Gasteiger partial charge is 0.263 e. The van der Waals surface area contributed by atoms with E-state index < -0.39 is 0 Å². The number of rotatable bonds is 3. The van der Waals surface area contributed by atoms with E-state index >= 15 is 0 Å². The Morgan fingerprint density at radius 2 is 1.73 bits per heavy atom. The van der Waals surface area contributed by atoms with Gasteiger partial charge in [0.25, 0.3) is 5.82 Å². The molecule has 0 aliphatic rings. The highest BCUT2D eigenvalue weighted by atomic mass is 35.5. The summed E-state index contributed by atoms with van der Waals surface area (Å²) in [4.78, 5) is 8.63. The molecular formula is C13H11ClN8. The number of halogens is 1. The molecule has 8 nitrogen and oxygen atoms in total. The molecule has 3 aromatic heterocycles. The lowest BCUT2D eigenvalue weighted by Gasteiger charge is -2.02. The van der Waals surface area contributed by atoms with Crippen molar-refractivity contribution < 1.29 is 17.8 Å². The van der Waals surface area contributed by atoms with Crippen molar-refractivity contribution in [3.63, 3.8) is 0 Å². The van der Waals surface area contributed by atoms with Gasteiger partial charge in [-0.25, -0.2) is 9.67 Å². The molecule has 0 aliphatic carbocycles. The second-order valence-corrected chi connectivity index (χ2v) is 4.43. The fourth-order valence-electron chi connectivity index (χ4n) is 2.14. The van der Waals surface area contributed by atoms with Crippen LogP contribution in [0.2, 0.25) is 0 Å². The van der Waals surface area contributed by atoms with Crippen LogP contribution in [0.3, 0.4) is 0 Å². The molecule has 0 radical (unpaired) electrons. The molecule has 9 heteroatoms. The Bertz CT molecular complexity index is 872. The minimum absolute atomic E-state index is 0. The van der Waals surface area contributed by atoms with Crippen molar-refractivity contribution in [2.75, 3.05) is 0 Å². The Morgan fingerprint density at radius 3 is 2.50 bits per heavy atom. The average molecular weight is 315 g/mol. The highest BCUT2D eigenvalue weighted by molar-refractivity contribution is 5.83. The lowest BCUT2D eigenvalue weighted by molar-refractivity contribution is -0.634. The average Bonchev–Trinajstić information content (AvgIpc) is 3.18. The van der Waals surface area contributed by atoms with Crippen molar-refractivity contribution in [2.45, 2.75) is 0 Å². The van der Waals surface area contributed by atoms with Crippen LogP contribution in [-0.4, -0.2) is 34.6 Å². The maximum Gasteiger partial charge on any atom is 0.263 e. The maximum absolute atomic E-state index is 4.41. The second-order valence-electron chi connectivity index (χ2n) is 4.43. The molecule has 0 saturated carbocycles. The molecule has 0 spiro atoms. The summed E-state index contributed by atoms with van der Waals surface area (Å²) < 4.78 is 3.53. The van der Waals surface area contributed by atoms with Gasteiger partial charge in [0, 0.05) is 0 Å². The zero-order valence-corrected chi connectivity index (χ0v) is 12.0. The first kappa shape index (κ1) is 14.1. The van der Waals surface area contributed by atoms with Gasteiger partial charge in [-0.2, -0.15) is 20.2 Å². The molecule has 1 aromatic carbocycles. The van der Waals surface area contributed by atoms with Crippen LogP contribution in [0.5, 0.6) is 0 Å². The Kier molecular flexibility index (Phi) is 3.77. The molecule has 2 N–H and O–H groups in total. The van der Waals surface area contributed by atoms with E-state index in [1.165, 1.54) is 6.33 Å². The standard InChI is InChI=1S/C13H10N8.ClH/c1-2-4-10(5-3-1)21-13-11(6-18-21)12(14-7-15-13)19-20-8-16-17-9-20;/h1-9H,(H,14,15,19);1H. The van der Waals surface area contributed by atoms with E-state index in [0.717, 1.165) is 22.5 Å². The predicted octanol–water partition coefficient (Wildman–Crippen LogP) is -2.93. The molecule has 4 rings (SSSR count). The summed E-state index contributed by atoms with van der Waals surface area (Å²) in [5.41, 5.74) is 3.55. The van der Waals surface area contributed by atoms with Crippen molar-refractivity contribution in [3.8, 4) is 5.69 Å². The van der Waals surface area contributed by atoms with Crippen LogP contribution in [0.1, 0.15) is 0 Å². The number of para-hydroxylation sites is 1. The first-order valence-corrected chi connectivity index (χ1v) is 6.35. The van der Waals surface area contributed by atoms with Crippen molar-refractivity contribution in [3.05, 3.63) is 55.5 Å². The van der Waals surface area contributed by atoms with Gasteiger partial charge in [0.15, 0.2) is 18.3 Å². The van der Waals surface area contributed by atoms with Crippen molar-refractivity contribution in [2.24, 2.45) is 0 Å². The van der Waals surface area contributed by atoms with E-state index in [-0.39, 0.29) is 12.4 Å². The van der Waals surface area contributed by atoms with Gasteiger partial charge in [-0.1, -0.05) is 18.2 Å². The lowest BCUT2D eigenvalue weighted by Crippen LogP contribution is -3.00. The van der Waals surface area contributed by atoms with Crippen LogP contribution >= 0.6 is 0 Å². The van der Waals surface area contributed by atoms with E-state index in [1.807, 2.05) is 35.8 Å². The molecule has 3 heterocycles. The Morgan fingerprint density at radius 1 is 0.955 bits per heavy atom. The number of nitrogens with two attached hydrogens (primary N) is 1. The highest BCUT2D eigenvalue weighted by Gasteiger charge is 2.14. The number of fused-ring (bicyclic) bond motifs is 1. The van der Waals surface area contributed by atoms with Crippen LogP contribution in [0.15, 0.2) is 55.5 Å². The molecule has 4 aromatic rings. The third kappa shape index (κ3) is 2.41. The van der Waals surface area contributed by atoms with Gasteiger partial charge in [0.1, 0.15) is 11.7 Å². The lowest BCUT2D eigenvalue weighted by atomic mass is 10.3. The fraction of sp³-hybridized carbons (Fsp3) is 0. The number of quaternary nitrogens is 1. The summed E-state index contributed by atoms with van der Waals surface area (Å²) in [6.07, 6.45) is 6.50. The molecule has 0 bridgehead atoms. The molecular weight excluding hydrogens is 304 g/mol. The summed E-state index contributed by atoms with van der Waals surface area (Å²) in [6.45, 7) is 0. The highest BCUT2D eigenvalue weighted by Crippen LogP contribution is 2.18. The molecule has 110 valence electrons. The summed E-state index contributed by atoms with van der Waals surface area (Å²) in [7, 11) is 0. The van der Waals surface area contributed by atoms with Gasteiger partial charge >= 0.3 is 0 Å². The summed E-state index contributed by atoms with van der Waals surface area (Å²) in [5.74, 6) is 0.766. The monoisotopic (exact) mass is 314 g/mol. The van der Waals surface area contributed by atoms with Crippen LogP contribution in [-0.2, 0) is 0 Å². The predicted molar refractivity (Wildman–Crippen MR) is 73.7 cm³/mol. The van der Waals surface area contributed by atoms with E-state index in [4.69, 9.17) is 0 Å². The molecule has 0 unspecified atom stereocenters. The number of nitrogens with zero attached hydrogens (tertiary/aromatic N) is 7. The van der Waals surface area contributed by atoms with Crippen LogP contribution in [0.25, 0.3) is 16.7 Å². The second kappa shape index (κ2) is 5.88. The molecule has 0 saturated heterocycles. The SMILES string of the molecule is [Cl-].c1ccc(-n2ncc3c([NH2+]n4cnnc4)ncnc32)cc1. The number of aromatic nitrogens is 7. The van der Waals surface area contributed by atoms with E-state index in [2.05, 4.69) is 25.3 Å². The maximum atomic E-state index is 4.41. The van der Waals surface area contributed by atoms with Gasteiger partial charge in [0.2, 0.25) is 0 Å². The van der Waals surface area contributed by atoms with Crippen molar-refractivity contribution in [1.29, 1.82) is 0 Å². The number of benzene rings is 1. The van der Waals surface area contributed by atoms with E-state index in [1.54, 1.807) is 28.2 Å². The first-order valence-electron chi connectivity index (χ1n) is 6.35. The molecule has 0 aliphatic heterocycles.